The number of rotatable bonds is 1. The Labute approximate surface area is 106 Å². The summed E-state index contributed by atoms with van der Waals surface area (Å²) in [7, 11) is 0. The van der Waals surface area contributed by atoms with Crippen LogP contribution in [-0.2, 0) is 0 Å². The minimum atomic E-state index is -0.0107. The molecule has 0 saturated carbocycles. The Morgan fingerprint density at radius 3 is 2.50 bits per heavy atom. The first-order valence-electron chi connectivity index (χ1n) is 5.96. The summed E-state index contributed by atoms with van der Waals surface area (Å²) in [5.74, 6) is 6.34. The number of hydrogen-bond acceptors (Lipinski definition) is 3. The molecule has 0 bridgehead atoms. The van der Waals surface area contributed by atoms with Gasteiger partial charge >= 0.3 is 0 Å². The van der Waals surface area contributed by atoms with Crippen molar-refractivity contribution in [3.8, 4) is 5.75 Å². The van der Waals surface area contributed by atoms with Crippen molar-refractivity contribution >= 4 is 5.71 Å². The molecule has 1 atom stereocenters. The van der Waals surface area contributed by atoms with Crippen molar-refractivity contribution in [3.05, 3.63) is 65.7 Å². The number of ether oxygens (including phenoxy) is 1. The lowest BCUT2D eigenvalue weighted by Crippen LogP contribution is -2.21. The molecule has 2 aromatic carbocycles. The molecule has 3 rings (SSSR count). The van der Waals surface area contributed by atoms with Crippen molar-refractivity contribution in [2.24, 2.45) is 10.9 Å². The Hall–Kier alpha value is -2.29. The maximum absolute atomic E-state index is 6.01. The number of fused-ring (bicyclic) bond motifs is 1. The van der Waals surface area contributed by atoms with E-state index < -0.39 is 0 Å². The summed E-state index contributed by atoms with van der Waals surface area (Å²) in [6.45, 7) is 0. The average Bonchev–Trinajstić information content (AvgIpc) is 2.47. The molecule has 0 aliphatic carbocycles. The number of nitrogens with two attached hydrogens (primary N) is 1. The first-order chi connectivity index (χ1) is 8.88. The lowest BCUT2D eigenvalue weighted by atomic mass is 9.96. The maximum Gasteiger partial charge on any atom is 0.129 e. The van der Waals surface area contributed by atoms with E-state index in [-0.39, 0.29) is 6.10 Å². The van der Waals surface area contributed by atoms with Gasteiger partial charge in [0.2, 0.25) is 0 Å². The minimum Gasteiger partial charge on any atom is -0.485 e. The number of hydrazone groups is 1. The van der Waals surface area contributed by atoms with Crippen molar-refractivity contribution < 1.29 is 4.74 Å². The van der Waals surface area contributed by atoms with Crippen LogP contribution in [0.4, 0.5) is 0 Å². The third kappa shape index (κ3) is 1.84. The molecule has 0 fully saturated rings. The van der Waals surface area contributed by atoms with E-state index >= 15 is 0 Å². The van der Waals surface area contributed by atoms with E-state index in [0.717, 1.165) is 22.6 Å². The van der Waals surface area contributed by atoms with Gasteiger partial charge in [-0.15, -0.1) is 0 Å². The molecule has 2 aromatic rings. The molecule has 0 unspecified atom stereocenters. The van der Waals surface area contributed by atoms with Crippen LogP contribution in [0.1, 0.15) is 23.7 Å². The molecule has 0 amide bonds. The molecule has 1 aliphatic rings. The van der Waals surface area contributed by atoms with Crippen molar-refractivity contribution in [3.63, 3.8) is 0 Å². The maximum atomic E-state index is 6.01. The van der Waals surface area contributed by atoms with Crippen LogP contribution in [0.2, 0.25) is 0 Å². The summed E-state index contributed by atoms with van der Waals surface area (Å²) in [5, 5.41) is 3.90. The highest BCUT2D eigenvalue weighted by molar-refractivity contribution is 6.03. The van der Waals surface area contributed by atoms with E-state index in [2.05, 4.69) is 17.2 Å². The molecule has 1 aliphatic heterocycles. The Morgan fingerprint density at radius 1 is 1.00 bits per heavy atom. The summed E-state index contributed by atoms with van der Waals surface area (Å²) in [6, 6.07) is 18.0. The molecule has 3 heteroatoms. The lowest BCUT2D eigenvalue weighted by molar-refractivity contribution is 0.206. The molecule has 2 N–H and O–H groups in total. The van der Waals surface area contributed by atoms with E-state index in [4.69, 9.17) is 10.6 Å². The smallest absolute Gasteiger partial charge is 0.129 e. The molecule has 90 valence electrons. The van der Waals surface area contributed by atoms with E-state index in [1.54, 1.807) is 0 Å². The zero-order valence-corrected chi connectivity index (χ0v) is 9.91. The van der Waals surface area contributed by atoms with Crippen LogP contribution >= 0.6 is 0 Å². The molecule has 3 nitrogen and oxygen atoms in total. The summed E-state index contributed by atoms with van der Waals surface area (Å²) in [6.07, 6.45) is 0.695. The molecule has 0 saturated heterocycles. The summed E-state index contributed by atoms with van der Waals surface area (Å²) >= 11 is 0. The molecular formula is C15H14N2O. The third-order valence-corrected chi connectivity index (χ3v) is 3.17. The van der Waals surface area contributed by atoms with Gasteiger partial charge in [-0.05, 0) is 17.7 Å². The van der Waals surface area contributed by atoms with E-state index in [1.807, 2.05) is 42.5 Å². The van der Waals surface area contributed by atoms with Crippen LogP contribution in [0.5, 0.6) is 5.75 Å². The Morgan fingerprint density at radius 2 is 1.72 bits per heavy atom. The van der Waals surface area contributed by atoms with Gasteiger partial charge in [0.25, 0.3) is 0 Å². The van der Waals surface area contributed by atoms with Gasteiger partial charge in [-0.1, -0.05) is 42.5 Å². The summed E-state index contributed by atoms with van der Waals surface area (Å²) in [5.41, 5.74) is 3.03. The van der Waals surface area contributed by atoms with Gasteiger partial charge < -0.3 is 10.6 Å². The lowest BCUT2D eigenvalue weighted by Gasteiger charge is -2.27. The minimum absolute atomic E-state index is 0.0107. The Kier molecular flexibility index (Phi) is 2.73. The normalized spacial score (nSPS) is 20.2. The highest BCUT2D eigenvalue weighted by Crippen LogP contribution is 2.34. The van der Waals surface area contributed by atoms with Crippen LogP contribution < -0.4 is 10.6 Å². The number of nitrogens with zero attached hydrogens (tertiary/aromatic N) is 1. The van der Waals surface area contributed by atoms with Crippen molar-refractivity contribution in [1.82, 2.24) is 0 Å². The fourth-order valence-electron chi connectivity index (χ4n) is 2.26. The van der Waals surface area contributed by atoms with E-state index in [0.29, 0.717) is 6.42 Å². The largest absolute Gasteiger partial charge is 0.485 e. The van der Waals surface area contributed by atoms with Crippen LogP contribution in [0, 0.1) is 0 Å². The van der Waals surface area contributed by atoms with Crippen LogP contribution in [-0.4, -0.2) is 5.71 Å². The second-order valence-electron chi connectivity index (χ2n) is 4.29. The van der Waals surface area contributed by atoms with Crippen molar-refractivity contribution in [2.45, 2.75) is 12.5 Å². The Balaban J connectivity index is 2.00. The standard InChI is InChI=1S/C15H14N2O/c16-17-13-10-15(11-6-2-1-3-7-11)18-14-9-5-4-8-12(13)14/h1-9,15H,10,16H2/b17-13+/t15-/m1/s1. The SMILES string of the molecule is N/N=C1\C[C@H](c2ccccc2)Oc2ccccc21. The molecule has 18 heavy (non-hydrogen) atoms. The van der Waals surface area contributed by atoms with Crippen molar-refractivity contribution in [1.29, 1.82) is 0 Å². The Bertz CT molecular complexity index is 578. The first-order valence-corrected chi connectivity index (χ1v) is 5.96. The second kappa shape index (κ2) is 4.53. The fraction of sp³-hybridized carbons (Fsp3) is 0.133. The van der Waals surface area contributed by atoms with Gasteiger partial charge in [-0.3, -0.25) is 0 Å². The molecule has 0 spiro atoms. The number of hydrogen-bond donors (Lipinski definition) is 1. The molecule has 1 heterocycles. The van der Waals surface area contributed by atoms with Gasteiger partial charge in [0.1, 0.15) is 11.9 Å². The fourth-order valence-corrected chi connectivity index (χ4v) is 2.26. The van der Waals surface area contributed by atoms with Gasteiger partial charge in [0.15, 0.2) is 0 Å². The van der Waals surface area contributed by atoms with Gasteiger partial charge in [-0.25, -0.2) is 0 Å². The molecular weight excluding hydrogens is 224 g/mol. The van der Waals surface area contributed by atoms with Crippen LogP contribution in [0.15, 0.2) is 59.7 Å². The van der Waals surface area contributed by atoms with Gasteiger partial charge in [0.05, 0.1) is 5.71 Å². The molecule has 0 aromatic heterocycles. The highest BCUT2D eigenvalue weighted by atomic mass is 16.5. The predicted molar refractivity (Wildman–Crippen MR) is 71.6 cm³/mol. The van der Waals surface area contributed by atoms with Gasteiger partial charge in [-0.2, -0.15) is 5.10 Å². The quantitative estimate of drug-likeness (QED) is 0.613. The predicted octanol–water partition coefficient (Wildman–Crippen LogP) is 2.87. The van der Waals surface area contributed by atoms with Gasteiger partial charge in [0, 0.05) is 12.0 Å². The number of benzene rings is 2. The highest BCUT2D eigenvalue weighted by Gasteiger charge is 2.25. The third-order valence-electron chi connectivity index (χ3n) is 3.17. The van der Waals surface area contributed by atoms with E-state index in [9.17, 15) is 0 Å². The van der Waals surface area contributed by atoms with Crippen molar-refractivity contribution in [2.75, 3.05) is 0 Å². The van der Waals surface area contributed by atoms with Crippen LogP contribution in [0.25, 0.3) is 0 Å². The first kappa shape index (κ1) is 10.8. The average molecular weight is 238 g/mol. The second-order valence-corrected chi connectivity index (χ2v) is 4.29. The zero-order valence-electron chi connectivity index (χ0n) is 9.91. The molecule has 0 radical (unpaired) electrons. The summed E-state index contributed by atoms with van der Waals surface area (Å²) in [4.78, 5) is 0. The zero-order chi connectivity index (χ0) is 12.4. The van der Waals surface area contributed by atoms with Crippen LogP contribution in [0.3, 0.4) is 0 Å². The van der Waals surface area contributed by atoms with E-state index in [1.165, 1.54) is 0 Å². The monoisotopic (exact) mass is 238 g/mol. The topological polar surface area (TPSA) is 47.6 Å². The number of para-hydroxylation sites is 1. The summed E-state index contributed by atoms with van der Waals surface area (Å²) < 4.78 is 6.01.